The molecule has 1 aromatic carbocycles. The van der Waals surface area contributed by atoms with E-state index >= 15 is 0 Å². The summed E-state index contributed by atoms with van der Waals surface area (Å²) in [6.07, 6.45) is 1.39. The Morgan fingerprint density at radius 3 is 2.38 bits per heavy atom. The maximum atomic E-state index is 12.4. The first-order valence-electron chi connectivity index (χ1n) is 5.64. The van der Waals surface area contributed by atoms with E-state index in [2.05, 4.69) is 31.0 Å². The minimum Gasteiger partial charge on any atom is -0.373 e. The lowest BCUT2D eigenvalue weighted by Gasteiger charge is -2.12. The standard InChI is InChI=1S/C12H10BrCl2N3O2S/c1-16-11-6-8(2-3-17-11)21(19,20)18-12-9(14)4-7(13)5-10(12)15/h2-6,18H,1H3,(H,16,17). The number of rotatable bonds is 4. The van der Waals surface area contributed by atoms with Crippen LogP contribution >= 0.6 is 39.1 Å². The molecule has 0 aliphatic heterocycles. The van der Waals surface area contributed by atoms with Crippen LogP contribution in [0.15, 0.2) is 39.8 Å². The molecule has 0 amide bonds. The van der Waals surface area contributed by atoms with Crippen LogP contribution in [0.25, 0.3) is 0 Å². The number of aromatic nitrogens is 1. The molecule has 2 N–H and O–H groups in total. The number of benzene rings is 1. The number of hydrogen-bond donors (Lipinski definition) is 2. The molecule has 0 bridgehead atoms. The van der Waals surface area contributed by atoms with Crippen molar-refractivity contribution in [3.63, 3.8) is 0 Å². The number of anilines is 2. The topological polar surface area (TPSA) is 71.1 Å². The van der Waals surface area contributed by atoms with Gasteiger partial charge in [0.05, 0.1) is 20.6 Å². The molecule has 21 heavy (non-hydrogen) atoms. The molecule has 0 spiro atoms. The van der Waals surface area contributed by atoms with Crippen LogP contribution in [0, 0.1) is 0 Å². The molecular weight excluding hydrogens is 401 g/mol. The lowest BCUT2D eigenvalue weighted by atomic mass is 10.3. The first kappa shape index (κ1) is 16.4. The van der Waals surface area contributed by atoms with E-state index in [4.69, 9.17) is 23.2 Å². The van der Waals surface area contributed by atoms with E-state index < -0.39 is 10.0 Å². The van der Waals surface area contributed by atoms with Crippen molar-refractivity contribution in [1.29, 1.82) is 0 Å². The van der Waals surface area contributed by atoms with Gasteiger partial charge in [-0.25, -0.2) is 13.4 Å². The lowest BCUT2D eigenvalue weighted by Crippen LogP contribution is -2.14. The van der Waals surface area contributed by atoms with Crippen LogP contribution in [0.2, 0.25) is 10.0 Å². The minimum absolute atomic E-state index is 0.0527. The molecule has 0 aliphatic rings. The van der Waals surface area contributed by atoms with Crippen LogP contribution in [-0.4, -0.2) is 20.4 Å². The van der Waals surface area contributed by atoms with E-state index in [1.807, 2.05) is 0 Å². The molecule has 0 saturated carbocycles. The van der Waals surface area contributed by atoms with Gasteiger partial charge in [0, 0.05) is 23.8 Å². The Balaban J connectivity index is 2.42. The van der Waals surface area contributed by atoms with Gasteiger partial charge in [-0.1, -0.05) is 39.1 Å². The van der Waals surface area contributed by atoms with E-state index in [0.717, 1.165) is 0 Å². The van der Waals surface area contributed by atoms with Gasteiger partial charge in [0.15, 0.2) is 0 Å². The zero-order valence-electron chi connectivity index (χ0n) is 10.7. The summed E-state index contributed by atoms with van der Waals surface area (Å²) in [5.74, 6) is 0.436. The maximum Gasteiger partial charge on any atom is 0.262 e. The van der Waals surface area contributed by atoms with Gasteiger partial charge < -0.3 is 5.32 Å². The summed E-state index contributed by atoms with van der Waals surface area (Å²) in [5.41, 5.74) is 0.129. The molecule has 1 aromatic heterocycles. The molecule has 2 aromatic rings. The van der Waals surface area contributed by atoms with Crippen LogP contribution in [-0.2, 0) is 10.0 Å². The Bertz CT molecular complexity index is 761. The van der Waals surface area contributed by atoms with E-state index in [1.165, 1.54) is 18.3 Å². The maximum absolute atomic E-state index is 12.4. The van der Waals surface area contributed by atoms with E-state index in [1.54, 1.807) is 19.2 Å². The van der Waals surface area contributed by atoms with Crippen molar-refractivity contribution in [1.82, 2.24) is 4.98 Å². The Morgan fingerprint density at radius 1 is 1.19 bits per heavy atom. The molecule has 1 heterocycles. The Hall–Kier alpha value is -1.02. The van der Waals surface area contributed by atoms with Crippen LogP contribution in [0.5, 0.6) is 0 Å². The first-order valence-corrected chi connectivity index (χ1v) is 8.68. The molecule has 0 radical (unpaired) electrons. The monoisotopic (exact) mass is 409 g/mol. The molecule has 112 valence electrons. The second-order valence-corrected chi connectivity index (χ2v) is 7.39. The summed E-state index contributed by atoms with van der Waals surface area (Å²) >= 11 is 15.3. The molecule has 0 atom stereocenters. The summed E-state index contributed by atoms with van der Waals surface area (Å²) < 4.78 is 27.8. The van der Waals surface area contributed by atoms with Gasteiger partial charge in [-0.05, 0) is 18.2 Å². The quantitative estimate of drug-likeness (QED) is 0.799. The fourth-order valence-corrected chi connectivity index (χ4v) is 4.08. The fraction of sp³-hybridized carbons (Fsp3) is 0.0833. The minimum atomic E-state index is -3.82. The zero-order chi connectivity index (χ0) is 15.6. The lowest BCUT2D eigenvalue weighted by molar-refractivity contribution is 0.601. The van der Waals surface area contributed by atoms with Crippen molar-refractivity contribution < 1.29 is 8.42 Å². The summed E-state index contributed by atoms with van der Waals surface area (Å²) in [4.78, 5) is 4.02. The van der Waals surface area contributed by atoms with Gasteiger partial charge >= 0.3 is 0 Å². The number of hydrogen-bond acceptors (Lipinski definition) is 4. The third kappa shape index (κ3) is 3.79. The van der Waals surface area contributed by atoms with E-state index in [0.29, 0.717) is 10.3 Å². The Kier molecular flexibility index (Phi) is 4.98. The molecule has 0 fully saturated rings. The smallest absolute Gasteiger partial charge is 0.262 e. The molecule has 5 nitrogen and oxygen atoms in total. The summed E-state index contributed by atoms with van der Waals surface area (Å²) in [6.45, 7) is 0. The highest BCUT2D eigenvalue weighted by molar-refractivity contribution is 9.10. The van der Waals surface area contributed by atoms with Gasteiger partial charge in [0.2, 0.25) is 0 Å². The van der Waals surface area contributed by atoms with Crippen LogP contribution in [0.3, 0.4) is 0 Å². The van der Waals surface area contributed by atoms with Crippen molar-refractivity contribution >= 4 is 60.7 Å². The Morgan fingerprint density at radius 2 is 1.81 bits per heavy atom. The molecule has 9 heteroatoms. The summed E-state index contributed by atoms with van der Waals surface area (Å²) in [7, 11) is -2.17. The number of pyridine rings is 1. The number of sulfonamides is 1. The summed E-state index contributed by atoms with van der Waals surface area (Å²) in [5, 5.41) is 3.16. The van der Waals surface area contributed by atoms with Crippen molar-refractivity contribution in [2.24, 2.45) is 0 Å². The highest BCUT2D eigenvalue weighted by atomic mass is 79.9. The number of nitrogens with one attached hydrogen (secondary N) is 2. The van der Waals surface area contributed by atoms with Crippen LogP contribution in [0.1, 0.15) is 0 Å². The van der Waals surface area contributed by atoms with Crippen molar-refractivity contribution in [3.8, 4) is 0 Å². The second kappa shape index (κ2) is 6.39. The van der Waals surface area contributed by atoms with Gasteiger partial charge in [0.1, 0.15) is 5.82 Å². The predicted molar refractivity (Wildman–Crippen MR) is 88.8 cm³/mol. The highest BCUT2D eigenvalue weighted by Crippen LogP contribution is 2.35. The fourth-order valence-electron chi connectivity index (χ4n) is 1.55. The van der Waals surface area contributed by atoms with Crippen molar-refractivity contribution in [3.05, 3.63) is 45.0 Å². The average Bonchev–Trinajstić information content (AvgIpc) is 2.43. The predicted octanol–water partition coefficient (Wildman–Crippen LogP) is 3.99. The van der Waals surface area contributed by atoms with Crippen molar-refractivity contribution in [2.45, 2.75) is 4.90 Å². The third-order valence-electron chi connectivity index (χ3n) is 2.54. The van der Waals surface area contributed by atoms with Gasteiger partial charge in [-0.15, -0.1) is 0 Å². The average molecular weight is 411 g/mol. The molecule has 0 aliphatic carbocycles. The molecule has 0 unspecified atom stereocenters. The van der Waals surface area contributed by atoms with Crippen molar-refractivity contribution in [2.75, 3.05) is 17.1 Å². The number of halogens is 3. The van der Waals surface area contributed by atoms with E-state index in [9.17, 15) is 8.42 Å². The van der Waals surface area contributed by atoms with Gasteiger partial charge in [0.25, 0.3) is 10.0 Å². The van der Waals surface area contributed by atoms with Crippen LogP contribution < -0.4 is 10.0 Å². The Labute approximate surface area is 140 Å². The normalized spacial score (nSPS) is 11.2. The summed E-state index contributed by atoms with van der Waals surface area (Å²) in [6, 6.07) is 5.89. The van der Waals surface area contributed by atoms with Gasteiger partial charge in [-0.3, -0.25) is 4.72 Å². The highest BCUT2D eigenvalue weighted by Gasteiger charge is 2.19. The number of nitrogens with zero attached hydrogens (tertiary/aromatic N) is 1. The first-order chi connectivity index (χ1) is 9.83. The molecule has 2 rings (SSSR count). The van der Waals surface area contributed by atoms with E-state index in [-0.39, 0.29) is 20.6 Å². The van der Waals surface area contributed by atoms with Crippen LogP contribution in [0.4, 0.5) is 11.5 Å². The SMILES string of the molecule is CNc1cc(S(=O)(=O)Nc2c(Cl)cc(Br)cc2Cl)ccn1. The third-order valence-corrected chi connectivity index (χ3v) is 4.94. The second-order valence-electron chi connectivity index (χ2n) is 3.98. The largest absolute Gasteiger partial charge is 0.373 e. The van der Waals surface area contributed by atoms with Gasteiger partial charge in [-0.2, -0.15) is 0 Å². The molecule has 0 saturated heterocycles. The molecular formula is C12H10BrCl2N3O2S. The zero-order valence-corrected chi connectivity index (χ0v) is 14.6.